The average molecular weight is 358 g/mol. The van der Waals surface area contributed by atoms with Gasteiger partial charge in [-0.2, -0.15) is 0 Å². The zero-order valence-corrected chi connectivity index (χ0v) is 15.6. The molecule has 0 bridgehead atoms. The van der Waals surface area contributed by atoms with Gasteiger partial charge in [-0.3, -0.25) is 9.59 Å². The van der Waals surface area contributed by atoms with Gasteiger partial charge in [0.05, 0.1) is 0 Å². The Morgan fingerprint density at radius 1 is 1.19 bits per heavy atom. The topological polar surface area (TPSA) is 58.3 Å². The Labute approximate surface area is 155 Å². The summed E-state index contributed by atoms with van der Waals surface area (Å²) in [7, 11) is 0. The molecule has 26 heavy (non-hydrogen) atoms. The molecule has 6 heteroatoms. The highest BCUT2D eigenvalue weighted by Crippen LogP contribution is 2.27. The van der Waals surface area contributed by atoms with E-state index in [0.29, 0.717) is 12.6 Å². The molecule has 1 saturated heterocycles. The van der Waals surface area contributed by atoms with Gasteiger partial charge in [-0.15, -0.1) is 0 Å². The van der Waals surface area contributed by atoms with E-state index in [1.165, 1.54) is 15.4 Å². The third-order valence-electron chi connectivity index (χ3n) is 6.09. The number of piperazine rings is 1. The van der Waals surface area contributed by atoms with Crippen molar-refractivity contribution in [2.75, 3.05) is 44.2 Å². The summed E-state index contributed by atoms with van der Waals surface area (Å²) in [4.78, 5) is 29.7. The van der Waals surface area contributed by atoms with Gasteiger partial charge in [0.25, 0.3) is 11.8 Å². The van der Waals surface area contributed by atoms with Gasteiger partial charge in [0, 0.05) is 18.3 Å². The lowest BCUT2D eigenvalue weighted by Crippen LogP contribution is -3.30. The third kappa shape index (κ3) is 3.76. The summed E-state index contributed by atoms with van der Waals surface area (Å²) in [6.07, 6.45) is 3.23. The van der Waals surface area contributed by atoms with Crippen LogP contribution in [0.4, 0.5) is 5.69 Å². The molecule has 1 saturated carbocycles. The van der Waals surface area contributed by atoms with E-state index >= 15 is 0 Å². The molecular formula is C20H30N4O2+2. The van der Waals surface area contributed by atoms with E-state index in [1.807, 2.05) is 17.0 Å². The number of benzene rings is 1. The molecule has 3 aliphatic rings. The van der Waals surface area contributed by atoms with Crippen LogP contribution in [0.25, 0.3) is 0 Å². The van der Waals surface area contributed by atoms with Crippen LogP contribution in [0.2, 0.25) is 0 Å². The van der Waals surface area contributed by atoms with E-state index < -0.39 is 0 Å². The molecule has 140 valence electrons. The molecule has 2 amide bonds. The Morgan fingerprint density at radius 3 is 2.65 bits per heavy atom. The number of carbonyl (C=O) groups is 2. The summed E-state index contributed by atoms with van der Waals surface area (Å²) in [5.74, 6) is 0.420. The van der Waals surface area contributed by atoms with E-state index in [4.69, 9.17) is 0 Å². The Hall–Kier alpha value is -1.92. The molecular weight excluding hydrogens is 328 g/mol. The molecule has 0 aromatic heterocycles. The number of rotatable bonds is 5. The number of para-hydroxylation sites is 1. The van der Waals surface area contributed by atoms with Gasteiger partial charge in [0.2, 0.25) is 0 Å². The van der Waals surface area contributed by atoms with Gasteiger partial charge in [-0.05, 0) is 37.8 Å². The maximum absolute atomic E-state index is 13.0. The van der Waals surface area contributed by atoms with Crippen molar-refractivity contribution in [2.24, 2.45) is 0 Å². The second kappa shape index (κ2) is 7.37. The number of quaternary nitrogens is 2. The number of fused-ring (bicyclic) bond motifs is 1. The number of anilines is 1. The van der Waals surface area contributed by atoms with Crippen LogP contribution in [0, 0.1) is 0 Å². The van der Waals surface area contributed by atoms with E-state index in [-0.39, 0.29) is 17.9 Å². The van der Waals surface area contributed by atoms with Crippen molar-refractivity contribution < 1.29 is 19.4 Å². The summed E-state index contributed by atoms with van der Waals surface area (Å²) in [5.41, 5.74) is 2.36. The van der Waals surface area contributed by atoms with Crippen LogP contribution in [-0.4, -0.2) is 63.2 Å². The number of hydrogen-bond donors (Lipinski definition) is 3. The van der Waals surface area contributed by atoms with Crippen LogP contribution < -0.4 is 20.0 Å². The minimum Gasteiger partial charge on any atom is -0.348 e. The predicted molar refractivity (Wildman–Crippen MR) is 99.4 cm³/mol. The van der Waals surface area contributed by atoms with Crippen LogP contribution >= 0.6 is 0 Å². The highest BCUT2D eigenvalue weighted by Gasteiger charge is 2.36. The highest BCUT2D eigenvalue weighted by atomic mass is 16.2. The molecule has 2 heterocycles. The van der Waals surface area contributed by atoms with Gasteiger partial charge in [0.1, 0.15) is 26.2 Å². The fourth-order valence-electron chi connectivity index (χ4n) is 4.24. The Balaban J connectivity index is 1.28. The molecule has 2 aliphatic heterocycles. The van der Waals surface area contributed by atoms with E-state index in [2.05, 4.69) is 24.4 Å². The second-order valence-corrected chi connectivity index (χ2v) is 8.02. The number of hydrogen-bond acceptors (Lipinski definition) is 2. The highest BCUT2D eigenvalue weighted by molar-refractivity contribution is 5.97. The smallest absolute Gasteiger partial charge is 0.284 e. The lowest BCUT2D eigenvalue weighted by molar-refractivity contribution is -1.01. The van der Waals surface area contributed by atoms with Crippen LogP contribution in [0.15, 0.2) is 24.3 Å². The molecule has 0 unspecified atom stereocenters. The molecule has 6 nitrogen and oxygen atoms in total. The fraction of sp³-hybridized carbons (Fsp3) is 0.600. The van der Waals surface area contributed by atoms with Crippen LogP contribution in [0.1, 0.15) is 25.3 Å². The first kappa shape index (κ1) is 17.5. The first-order valence-electron chi connectivity index (χ1n) is 9.98. The van der Waals surface area contributed by atoms with Crippen LogP contribution in [-0.2, 0) is 16.0 Å². The van der Waals surface area contributed by atoms with Gasteiger partial charge in [0.15, 0.2) is 12.6 Å². The number of amides is 2. The number of nitrogens with one attached hydrogen (secondary N) is 3. The molecule has 1 aromatic carbocycles. The van der Waals surface area contributed by atoms with Crippen molar-refractivity contribution in [3.05, 3.63) is 29.8 Å². The largest absolute Gasteiger partial charge is 0.348 e. The van der Waals surface area contributed by atoms with E-state index in [1.54, 1.807) is 0 Å². The van der Waals surface area contributed by atoms with Crippen LogP contribution in [0.5, 0.6) is 0 Å². The van der Waals surface area contributed by atoms with Gasteiger partial charge >= 0.3 is 0 Å². The van der Waals surface area contributed by atoms with Gasteiger partial charge in [-0.25, -0.2) is 0 Å². The zero-order valence-electron chi connectivity index (χ0n) is 15.6. The molecule has 1 aromatic rings. The zero-order chi connectivity index (χ0) is 18.1. The lowest BCUT2D eigenvalue weighted by Gasteiger charge is -2.33. The van der Waals surface area contributed by atoms with E-state index in [9.17, 15) is 9.59 Å². The summed E-state index contributed by atoms with van der Waals surface area (Å²) in [6, 6.07) is 8.65. The minimum atomic E-state index is -0.0250. The van der Waals surface area contributed by atoms with Crippen molar-refractivity contribution in [3.63, 3.8) is 0 Å². The molecule has 3 N–H and O–H groups in total. The minimum absolute atomic E-state index is 0.0250. The summed E-state index contributed by atoms with van der Waals surface area (Å²) in [5, 5.41) is 3.07. The number of carbonyl (C=O) groups excluding carboxylic acids is 2. The van der Waals surface area contributed by atoms with Crippen molar-refractivity contribution in [1.82, 2.24) is 5.32 Å². The normalized spacial score (nSPS) is 26.3. The van der Waals surface area contributed by atoms with Gasteiger partial charge in [-0.1, -0.05) is 18.2 Å². The first-order chi connectivity index (χ1) is 12.6. The summed E-state index contributed by atoms with van der Waals surface area (Å²) < 4.78 is 0. The SMILES string of the molecule is C[C@H](C(=O)N1CCc2ccccc21)[NH+]1CC[NH+](CC(=O)NC2CC2)CC1. The fourth-order valence-corrected chi connectivity index (χ4v) is 4.24. The molecule has 1 aliphatic carbocycles. The van der Waals surface area contributed by atoms with Crippen molar-refractivity contribution in [1.29, 1.82) is 0 Å². The van der Waals surface area contributed by atoms with Gasteiger partial charge < -0.3 is 20.0 Å². The summed E-state index contributed by atoms with van der Waals surface area (Å²) in [6.45, 7) is 7.26. The third-order valence-corrected chi connectivity index (χ3v) is 6.09. The Kier molecular flexibility index (Phi) is 4.96. The lowest BCUT2D eigenvalue weighted by atomic mass is 10.1. The first-order valence-corrected chi connectivity index (χ1v) is 9.98. The molecule has 2 fully saturated rings. The maximum atomic E-state index is 13.0. The van der Waals surface area contributed by atoms with Crippen molar-refractivity contribution in [2.45, 2.75) is 38.3 Å². The summed E-state index contributed by atoms with van der Waals surface area (Å²) >= 11 is 0. The Bertz CT molecular complexity index is 680. The van der Waals surface area contributed by atoms with Crippen molar-refractivity contribution in [3.8, 4) is 0 Å². The average Bonchev–Trinajstić information content (AvgIpc) is 3.36. The molecule has 0 spiro atoms. The van der Waals surface area contributed by atoms with Crippen molar-refractivity contribution >= 4 is 17.5 Å². The predicted octanol–water partition coefficient (Wildman–Crippen LogP) is -1.97. The molecule has 1 atom stereocenters. The Morgan fingerprint density at radius 2 is 1.92 bits per heavy atom. The quantitative estimate of drug-likeness (QED) is 0.572. The second-order valence-electron chi connectivity index (χ2n) is 8.02. The monoisotopic (exact) mass is 358 g/mol. The molecule has 4 rings (SSSR count). The maximum Gasteiger partial charge on any atom is 0.284 e. The standard InChI is InChI=1S/C20H28N4O2/c1-15(20(26)24-9-8-16-4-2-3-5-18(16)24)23-12-10-22(11-13-23)14-19(25)21-17-6-7-17/h2-5,15,17H,6-14H2,1H3,(H,21,25)/p+2/t15-/m1/s1. The van der Waals surface area contributed by atoms with Crippen LogP contribution in [0.3, 0.4) is 0 Å². The molecule has 0 radical (unpaired) electrons. The number of nitrogens with zero attached hydrogens (tertiary/aromatic N) is 1. The van der Waals surface area contributed by atoms with E-state index in [0.717, 1.165) is 57.7 Å².